The summed E-state index contributed by atoms with van der Waals surface area (Å²) in [4.78, 5) is 32.0. The van der Waals surface area contributed by atoms with Crippen LogP contribution < -0.4 is 4.90 Å². The van der Waals surface area contributed by atoms with Crippen LogP contribution in [-0.4, -0.2) is 61.8 Å². The Labute approximate surface area is 152 Å². The van der Waals surface area contributed by atoms with Crippen LogP contribution in [0.25, 0.3) is 0 Å². The number of methoxy groups -OCH3 is 2. The molecule has 0 aromatic carbocycles. The van der Waals surface area contributed by atoms with E-state index in [-0.39, 0.29) is 22.7 Å². The predicted molar refractivity (Wildman–Crippen MR) is 95.2 cm³/mol. The molecule has 1 amide bonds. The molecule has 25 heavy (non-hydrogen) atoms. The van der Waals surface area contributed by atoms with Crippen molar-refractivity contribution in [1.82, 2.24) is 9.88 Å². The van der Waals surface area contributed by atoms with Crippen LogP contribution in [0.2, 0.25) is 5.15 Å². The zero-order chi connectivity index (χ0) is 18.8. The minimum absolute atomic E-state index is 0.0731. The molecule has 0 aliphatic carbocycles. The van der Waals surface area contributed by atoms with Crippen LogP contribution in [0.4, 0.5) is 10.6 Å². The zero-order valence-corrected chi connectivity index (χ0v) is 16.0. The van der Waals surface area contributed by atoms with Crippen LogP contribution in [-0.2, 0) is 9.47 Å². The summed E-state index contributed by atoms with van der Waals surface area (Å²) in [6.07, 6.45) is -0.339. The molecule has 0 N–H and O–H groups in total. The van der Waals surface area contributed by atoms with Crippen molar-refractivity contribution in [3.63, 3.8) is 0 Å². The summed E-state index contributed by atoms with van der Waals surface area (Å²) < 4.78 is 9.67. The van der Waals surface area contributed by atoms with E-state index < -0.39 is 5.97 Å². The fourth-order valence-electron chi connectivity index (χ4n) is 2.95. The second kappa shape index (κ2) is 7.47. The Kier molecular flexibility index (Phi) is 5.77. The van der Waals surface area contributed by atoms with Crippen molar-refractivity contribution in [3.8, 4) is 0 Å². The van der Waals surface area contributed by atoms with Gasteiger partial charge in [-0.3, -0.25) is 0 Å². The molecule has 1 unspecified atom stereocenters. The smallest absolute Gasteiger partial charge is 0.409 e. The number of anilines is 1. The highest BCUT2D eigenvalue weighted by molar-refractivity contribution is 6.29. The van der Waals surface area contributed by atoms with E-state index in [1.165, 1.54) is 20.3 Å². The fraction of sp³-hybridized carbons (Fsp3) is 0.588. The number of aromatic nitrogens is 1. The van der Waals surface area contributed by atoms with E-state index in [9.17, 15) is 9.59 Å². The van der Waals surface area contributed by atoms with E-state index in [1.807, 2.05) is 4.90 Å². The number of nitrogens with zero attached hydrogens (tertiary/aromatic N) is 3. The predicted octanol–water partition coefficient (Wildman–Crippen LogP) is 2.82. The molecule has 1 saturated heterocycles. The number of carbonyl (C=O) groups is 2. The van der Waals surface area contributed by atoms with Crippen LogP contribution in [0.5, 0.6) is 0 Å². The van der Waals surface area contributed by atoms with E-state index in [4.69, 9.17) is 21.1 Å². The van der Waals surface area contributed by atoms with E-state index in [2.05, 4.69) is 25.8 Å². The van der Waals surface area contributed by atoms with Crippen molar-refractivity contribution in [2.45, 2.75) is 26.8 Å². The van der Waals surface area contributed by atoms with Gasteiger partial charge in [0, 0.05) is 19.6 Å². The van der Waals surface area contributed by atoms with Gasteiger partial charge in [-0.1, -0.05) is 32.4 Å². The zero-order valence-electron chi connectivity index (χ0n) is 15.2. The van der Waals surface area contributed by atoms with Gasteiger partial charge in [-0.25, -0.2) is 14.6 Å². The fourth-order valence-corrected chi connectivity index (χ4v) is 3.15. The van der Waals surface area contributed by atoms with Crippen molar-refractivity contribution in [3.05, 3.63) is 22.8 Å². The highest BCUT2D eigenvalue weighted by Gasteiger charge is 2.39. The van der Waals surface area contributed by atoms with Crippen LogP contribution in [0.1, 0.15) is 31.1 Å². The molecule has 0 bridgehead atoms. The summed E-state index contributed by atoms with van der Waals surface area (Å²) in [5.41, 5.74) is 0.191. The van der Waals surface area contributed by atoms with Crippen molar-refractivity contribution in [1.29, 1.82) is 0 Å². The van der Waals surface area contributed by atoms with Crippen LogP contribution in [0, 0.1) is 5.41 Å². The Morgan fingerprint density at radius 3 is 2.44 bits per heavy atom. The van der Waals surface area contributed by atoms with E-state index >= 15 is 0 Å². The normalized spacial score (nSPS) is 18.1. The minimum atomic E-state index is -0.467. The number of halogens is 1. The second-order valence-electron chi connectivity index (χ2n) is 7.02. The van der Waals surface area contributed by atoms with Crippen LogP contribution in [0.15, 0.2) is 12.1 Å². The summed E-state index contributed by atoms with van der Waals surface area (Å²) in [5.74, 6) is 0.123. The Morgan fingerprint density at radius 1 is 1.20 bits per heavy atom. The summed E-state index contributed by atoms with van der Waals surface area (Å²) in [6.45, 7) is 7.84. The average Bonchev–Trinajstić information content (AvgIpc) is 2.58. The number of pyridine rings is 1. The molecule has 1 fully saturated rings. The summed E-state index contributed by atoms with van der Waals surface area (Å²) >= 11 is 6.07. The van der Waals surface area contributed by atoms with Gasteiger partial charge in [0.1, 0.15) is 11.0 Å². The van der Waals surface area contributed by atoms with E-state index in [1.54, 1.807) is 11.0 Å². The third kappa shape index (κ3) is 4.34. The van der Waals surface area contributed by atoms with E-state index in [0.29, 0.717) is 31.0 Å². The first-order valence-electron chi connectivity index (χ1n) is 8.02. The number of carbonyl (C=O) groups excluding carboxylic acids is 2. The van der Waals surface area contributed by atoms with Crippen molar-refractivity contribution in [2.75, 3.05) is 38.8 Å². The summed E-state index contributed by atoms with van der Waals surface area (Å²) in [6, 6.07) is 3.06. The average molecular weight is 370 g/mol. The number of hydrogen-bond donors (Lipinski definition) is 0. The molecule has 138 valence electrons. The molecule has 1 aromatic heterocycles. The Hall–Kier alpha value is -2.02. The summed E-state index contributed by atoms with van der Waals surface area (Å²) in [7, 11) is 2.71. The molecule has 8 heteroatoms. The molecule has 1 aliphatic heterocycles. The molecule has 1 aromatic rings. The van der Waals surface area contributed by atoms with E-state index in [0.717, 1.165) is 0 Å². The lowest BCUT2D eigenvalue weighted by Gasteiger charge is -2.46. The lowest BCUT2D eigenvalue weighted by molar-refractivity contribution is 0.0600. The molecular weight excluding hydrogens is 346 g/mol. The van der Waals surface area contributed by atoms with Gasteiger partial charge in [0.05, 0.1) is 25.8 Å². The van der Waals surface area contributed by atoms with Gasteiger partial charge in [-0.15, -0.1) is 0 Å². The molecular formula is C17H24ClN3O4. The minimum Gasteiger partial charge on any atom is -0.465 e. The van der Waals surface area contributed by atoms with Gasteiger partial charge in [0.2, 0.25) is 0 Å². The lowest BCUT2D eigenvalue weighted by atomic mass is 9.84. The molecule has 1 aliphatic rings. The van der Waals surface area contributed by atoms with Crippen molar-refractivity contribution in [2.24, 2.45) is 5.41 Å². The molecule has 2 heterocycles. The number of piperazine rings is 1. The number of hydrogen-bond acceptors (Lipinski definition) is 6. The SMILES string of the molecule is COC(=O)c1cc(Cl)nc(N2CCN(C(=O)OC)C(C(C)(C)C)C2)c1. The van der Waals surface area contributed by atoms with Gasteiger partial charge in [-0.2, -0.15) is 0 Å². The number of esters is 1. The Bertz CT molecular complexity index is 660. The number of amides is 1. The quantitative estimate of drug-likeness (QED) is 0.589. The molecule has 2 rings (SSSR count). The van der Waals surface area contributed by atoms with Crippen molar-refractivity contribution >= 4 is 29.5 Å². The van der Waals surface area contributed by atoms with Gasteiger partial charge in [0.25, 0.3) is 0 Å². The first kappa shape index (κ1) is 19.3. The molecule has 0 radical (unpaired) electrons. The summed E-state index contributed by atoms with van der Waals surface area (Å²) in [5, 5.41) is 0.223. The molecule has 0 saturated carbocycles. The maximum absolute atomic E-state index is 12.1. The highest BCUT2D eigenvalue weighted by atomic mass is 35.5. The lowest BCUT2D eigenvalue weighted by Crippen LogP contribution is -2.60. The third-order valence-electron chi connectivity index (χ3n) is 4.31. The standard InChI is InChI=1S/C17H24ClN3O4/c1-17(2,3)12-10-20(6-7-21(12)16(23)25-5)14-9-11(15(22)24-4)8-13(18)19-14/h8-9,12H,6-7,10H2,1-5H3. The van der Waals surface area contributed by atoms with Gasteiger partial charge >= 0.3 is 12.1 Å². The van der Waals surface area contributed by atoms with Gasteiger partial charge in [-0.05, 0) is 17.5 Å². The van der Waals surface area contributed by atoms with Gasteiger partial charge < -0.3 is 19.3 Å². The Morgan fingerprint density at radius 2 is 1.88 bits per heavy atom. The molecule has 7 nitrogen and oxygen atoms in total. The third-order valence-corrected chi connectivity index (χ3v) is 4.51. The first-order chi connectivity index (χ1) is 11.7. The topological polar surface area (TPSA) is 72.0 Å². The second-order valence-corrected chi connectivity index (χ2v) is 7.41. The maximum atomic E-state index is 12.1. The number of rotatable bonds is 2. The molecule has 0 spiro atoms. The largest absolute Gasteiger partial charge is 0.465 e. The first-order valence-corrected chi connectivity index (χ1v) is 8.40. The van der Waals surface area contributed by atoms with Crippen LogP contribution >= 0.6 is 11.6 Å². The van der Waals surface area contributed by atoms with Crippen molar-refractivity contribution < 1.29 is 19.1 Å². The monoisotopic (exact) mass is 369 g/mol. The Balaban J connectivity index is 2.31. The van der Waals surface area contributed by atoms with Gasteiger partial charge in [0.15, 0.2) is 0 Å². The number of ether oxygens (including phenoxy) is 2. The van der Waals surface area contributed by atoms with Crippen LogP contribution in [0.3, 0.4) is 0 Å². The maximum Gasteiger partial charge on any atom is 0.409 e. The molecule has 1 atom stereocenters. The highest BCUT2D eigenvalue weighted by Crippen LogP contribution is 2.30.